The lowest BCUT2D eigenvalue weighted by molar-refractivity contribution is -0.146. The quantitative estimate of drug-likeness (QED) is 0.568. The first-order chi connectivity index (χ1) is 7.13. The van der Waals surface area contributed by atoms with Crippen LogP contribution in [0.1, 0.15) is 13.8 Å². The average Bonchev–Trinajstić information content (AvgIpc) is 2.61. The van der Waals surface area contributed by atoms with Crippen LogP contribution in [0.4, 0.5) is 0 Å². The van der Waals surface area contributed by atoms with E-state index in [2.05, 4.69) is 5.10 Å². The van der Waals surface area contributed by atoms with Crippen molar-refractivity contribution >= 4 is 17.7 Å². The molecule has 1 aromatic rings. The molecule has 15 heavy (non-hydrogen) atoms. The Bertz CT molecular complexity index is 325. The van der Waals surface area contributed by atoms with Gasteiger partial charge in [-0.15, -0.1) is 11.8 Å². The number of hydrogen-bond donors (Lipinski definition) is 0. The average molecular weight is 228 g/mol. The van der Waals surface area contributed by atoms with Gasteiger partial charge in [0.25, 0.3) is 0 Å². The number of rotatable bonds is 5. The predicted molar refractivity (Wildman–Crippen MR) is 59.7 cm³/mol. The van der Waals surface area contributed by atoms with Gasteiger partial charge < -0.3 is 4.74 Å². The van der Waals surface area contributed by atoms with Crippen LogP contribution in [0, 0.1) is 5.92 Å². The predicted octanol–water partition coefficient (Wildman–Crippen LogP) is 1.71. The van der Waals surface area contributed by atoms with E-state index in [0.29, 0.717) is 6.61 Å². The molecule has 1 atom stereocenters. The molecule has 0 aliphatic rings. The zero-order valence-corrected chi connectivity index (χ0v) is 10.1. The van der Waals surface area contributed by atoms with Crippen molar-refractivity contribution in [2.45, 2.75) is 18.7 Å². The Kier molecular flexibility index (Phi) is 4.68. The van der Waals surface area contributed by atoms with Gasteiger partial charge in [-0.3, -0.25) is 9.48 Å². The third-order valence-corrected chi connectivity index (χ3v) is 3.08. The van der Waals surface area contributed by atoms with Gasteiger partial charge >= 0.3 is 5.97 Å². The van der Waals surface area contributed by atoms with Crippen LogP contribution in [0.3, 0.4) is 0 Å². The molecule has 5 heteroatoms. The van der Waals surface area contributed by atoms with E-state index in [-0.39, 0.29) is 11.9 Å². The standard InChI is InChI=1S/C10H16N2O2S/c1-4-14-10(13)8(2)7-15-9-5-11-12(3)6-9/h5-6,8H,4,7H2,1-3H3. The molecule has 0 N–H and O–H groups in total. The molecule has 0 aromatic carbocycles. The van der Waals surface area contributed by atoms with E-state index >= 15 is 0 Å². The number of aromatic nitrogens is 2. The first-order valence-electron chi connectivity index (χ1n) is 4.91. The Labute approximate surface area is 94.0 Å². The molecule has 0 bridgehead atoms. The summed E-state index contributed by atoms with van der Waals surface area (Å²) in [5, 5.41) is 4.06. The molecule has 0 aliphatic heterocycles. The zero-order valence-electron chi connectivity index (χ0n) is 9.27. The summed E-state index contributed by atoms with van der Waals surface area (Å²) in [6.07, 6.45) is 3.73. The Hall–Kier alpha value is -0.970. The summed E-state index contributed by atoms with van der Waals surface area (Å²) in [6.45, 7) is 4.14. The Morgan fingerprint density at radius 2 is 2.47 bits per heavy atom. The van der Waals surface area contributed by atoms with Crippen LogP contribution in [-0.2, 0) is 16.6 Å². The second-order valence-corrected chi connectivity index (χ2v) is 4.41. The molecule has 0 amide bonds. The van der Waals surface area contributed by atoms with Crippen LogP contribution in [0.15, 0.2) is 17.3 Å². The maximum atomic E-state index is 11.3. The molecule has 1 unspecified atom stereocenters. The number of carbonyl (C=O) groups is 1. The van der Waals surface area contributed by atoms with Crippen molar-refractivity contribution < 1.29 is 9.53 Å². The normalized spacial score (nSPS) is 12.5. The van der Waals surface area contributed by atoms with Crippen LogP contribution in [0.25, 0.3) is 0 Å². The Balaban J connectivity index is 2.33. The van der Waals surface area contributed by atoms with E-state index in [4.69, 9.17) is 4.74 Å². The van der Waals surface area contributed by atoms with Crippen molar-refractivity contribution in [3.63, 3.8) is 0 Å². The van der Waals surface area contributed by atoms with Gasteiger partial charge in [-0.1, -0.05) is 6.92 Å². The molecular weight excluding hydrogens is 212 g/mol. The Morgan fingerprint density at radius 3 is 3.00 bits per heavy atom. The lowest BCUT2D eigenvalue weighted by Gasteiger charge is -2.08. The Morgan fingerprint density at radius 1 is 1.73 bits per heavy atom. The number of aryl methyl sites for hydroxylation is 1. The van der Waals surface area contributed by atoms with Gasteiger partial charge in [0.15, 0.2) is 0 Å². The molecule has 0 fully saturated rings. The highest BCUT2D eigenvalue weighted by molar-refractivity contribution is 7.99. The van der Waals surface area contributed by atoms with Crippen molar-refractivity contribution in [3.8, 4) is 0 Å². The highest BCUT2D eigenvalue weighted by Crippen LogP contribution is 2.20. The van der Waals surface area contributed by atoms with Crippen molar-refractivity contribution in [1.29, 1.82) is 0 Å². The van der Waals surface area contributed by atoms with Gasteiger partial charge in [0.05, 0.1) is 18.7 Å². The summed E-state index contributed by atoms with van der Waals surface area (Å²) in [5.74, 6) is 0.522. The number of nitrogens with zero attached hydrogens (tertiary/aromatic N) is 2. The minimum atomic E-state index is -0.131. The molecule has 0 saturated heterocycles. The minimum Gasteiger partial charge on any atom is -0.466 e. The minimum absolute atomic E-state index is 0.0739. The third kappa shape index (κ3) is 3.95. The van der Waals surface area contributed by atoms with Crippen molar-refractivity contribution in [2.24, 2.45) is 13.0 Å². The number of thioether (sulfide) groups is 1. The van der Waals surface area contributed by atoms with E-state index < -0.39 is 0 Å². The van der Waals surface area contributed by atoms with Gasteiger partial charge in [-0.2, -0.15) is 5.10 Å². The topological polar surface area (TPSA) is 44.1 Å². The van der Waals surface area contributed by atoms with Crippen molar-refractivity contribution in [3.05, 3.63) is 12.4 Å². The van der Waals surface area contributed by atoms with E-state index in [1.54, 1.807) is 22.6 Å². The van der Waals surface area contributed by atoms with Gasteiger partial charge in [-0.05, 0) is 6.92 Å². The van der Waals surface area contributed by atoms with Crippen LogP contribution in [0.5, 0.6) is 0 Å². The lowest BCUT2D eigenvalue weighted by atomic mass is 10.2. The van der Waals surface area contributed by atoms with Gasteiger partial charge in [0, 0.05) is 23.9 Å². The molecule has 1 rings (SSSR count). The number of hydrogen-bond acceptors (Lipinski definition) is 4. The van der Waals surface area contributed by atoms with E-state index in [1.807, 2.05) is 27.1 Å². The van der Waals surface area contributed by atoms with Crippen LogP contribution in [-0.4, -0.2) is 28.1 Å². The molecule has 1 heterocycles. The molecule has 84 valence electrons. The summed E-state index contributed by atoms with van der Waals surface area (Å²) in [4.78, 5) is 12.4. The van der Waals surface area contributed by atoms with E-state index in [9.17, 15) is 4.79 Å². The van der Waals surface area contributed by atoms with Crippen molar-refractivity contribution in [2.75, 3.05) is 12.4 Å². The number of carbonyl (C=O) groups excluding carboxylic acids is 1. The van der Waals surface area contributed by atoms with Crippen LogP contribution >= 0.6 is 11.8 Å². The summed E-state index contributed by atoms with van der Waals surface area (Å²) in [6, 6.07) is 0. The van der Waals surface area contributed by atoms with E-state index in [0.717, 1.165) is 10.6 Å². The van der Waals surface area contributed by atoms with Gasteiger partial charge in [0.1, 0.15) is 0 Å². The highest BCUT2D eigenvalue weighted by Gasteiger charge is 2.14. The van der Waals surface area contributed by atoms with Crippen LogP contribution < -0.4 is 0 Å². The summed E-state index contributed by atoms with van der Waals surface area (Å²) >= 11 is 1.62. The second kappa shape index (κ2) is 5.80. The molecule has 4 nitrogen and oxygen atoms in total. The maximum absolute atomic E-state index is 11.3. The second-order valence-electron chi connectivity index (χ2n) is 3.31. The van der Waals surface area contributed by atoms with Crippen molar-refractivity contribution in [1.82, 2.24) is 9.78 Å². The summed E-state index contributed by atoms with van der Waals surface area (Å²) in [5.41, 5.74) is 0. The molecule has 0 spiro atoms. The fourth-order valence-electron chi connectivity index (χ4n) is 1.05. The first kappa shape index (κ1) is 12.1. The summed E-state index contributed by atoms with van der Waals surface area (Å²) in [7, 11) is 1.87. The molecule has 0 saturated carbocycles. The van der Waals surface area contributed by atoms with Crippen LogP contribution in [0.2, 0.25) is 0 Å². The first-order valence-corrected chi connectivity index (χ1v) is 5.90. The molecule has 0 radical (unpaired) electrons. The number of esters is 1. The monoisotopic (exact) mass is 228 g/mol. The maximum Gasteiger partial charge on any atom is 0.309 e. The molecular formula is C10H16N2O2S. The fourth-order valence-corrected chi connectivity index (χ4v) is 1.97. The lowest BCUT2D eigenvalue weighted by Crippen LogP contribution is -2.16. The van der Waals surface area contributed by atoms with E-state index in [1.165, 1.54) is 0 Å². The number of ether oxygens (including phenoxy) is 1. The highest BCUT2D eigenvalue weighted by atomic mass is 32.2. The smallest absolute Gasteiger partial charge is 0.309 e. The SMILES string of the molecule is CCOC(=O)C(C)CSc1cnn(C)c1. The van der Waals surface area contributed by atoms with Gasteiger partial charge in [0.2, 0.25) is 0 Å². The van der Waals surface area contributed by atoms with Gasteiger partial charge in [-0.25, -0.2) is 0 Å². The zero-order chi connectivity index (χ0) is 11.3. The fraction of sp³-hybridized carbons (Fsp3) is 0.600. The molecule has 1 aromatic heterocycles. The summed E-state index contributed by atoms with van der Waals surface area (Å²) < 4.78 is 6.67. The third-order valence-electron chi connectivity index (χ3n) is 1.87. The molecule has 0 aliphatic carbocycles. The largest absolute Gasteiger partial charge is 0.466 e.